The van der Waals surface area contributed by atoms with Crippen molar-refractivity contribution in [3.63, 3.8) is 0 Å². The lowest BCUT2D eigenvalue weighted by molar-refractivity contribution is -0.119. The maximum atomic E-state index is 11.0. The van der Waals surface area contributed by atoms with Gasteiger partial charge >= 0.3 is 0 Å². The van der Waals surface area contributed by atoms with Crippen molar-refractivity contribution >= 4 is 5.91 Å². The Morgan fingerprint density at radius 1 is 1.33 bits per heavy atom. The molecule has 80 valence electrons. The molecule has 0 fully saturated rings. The van der Waals surface area contributed by atoms with Gasteiger partial charge in [-0.2, -0.15) is 0 Å². The molecule has 0 saturated carbocycles. The molecule has 0 bridgehead atoms. The monoisotopic (exact) mass is 207 g/mol. The largest absolute Gasteiger partial charge is 0.493 e. The lowest BCUT2D eigenvalue weighted by Gasteiger charge is -2.28. The van der Waals surface area contributed by atoms with Gasteiger partial charge < -0.3 is 15.2 Å². The van der Waals surface area contributed by atoms with E-state index in [0.717, 1.165) is 11.1 Å². The minimum atomic E-state index is -0.283. The van der Waals surface area contributed by atoms with Crippen LogP contribution in [-0.2, 0) is 11.2 Å². The Morgan fingerprint density at radius 3 is 2.47 bits per heavy atom. The standard InChI is InChI=1S/C11H13NO3/c1-14-9-4-6-3-8(11(12)13)7(6)5-10(9)15-2/h4-5,8H,3H2,1-2H3,(H2,12,13)/t8-/m0/s1. The molecule has 0 unspecified atom stereocenters. The molecule has 1 aromatic rings. The number of nitrogens with two attached hydrogens (primary N) is 1. The van der Waals surface area contributed by atoms with Crippen LogP contribution in [0.3, 0.4) is 0 Å². The summed E-state index contributed by atoms with van der Waals surface area (Å²) in [6, 6.07) is 3.72. The van der Waals surface area contributed by atoms with Gasteiger partial charge in [-0.05, 0) is 29.7 Å². The van der Waals surface area contributed by atoms with E-state index in [4.69, 9.17) is 15.2 Å². The topological polar surface area (TPSA) is 61.6 Å². The Kier molecular flexibility index (Phi) is 2.26. The summed E-state index contributed by atoms with van der Waals surface area (Å²) >= 11 is 0. The van der Waals surface area contributed by atoms with Crippen molar-refractivity contribution < 1.29 is 14.3 Å². The summed E-state index contributed by atoms with van der Waals surface area (Å²) < 4.78 is 10.3. The summed E-state index contributed by atoms with van der Waals surface area (Å²) in [5, 5.41) is 0. The summed E-state index contributed by atoms with van der Waals surface area (Å²) in [5.74, 6) is 0.885. The number of rotatable bonds is 3. The van der Waals surface area contributed by atoms with E-state index in [1.807, 2.05) is 12.1 Å². The van der Waals surface area contributed by atoms with Crippen LogP contribution in [0.25, 0.3) is 0 Å². The molecule has 15 heavy (non-hydrogen) atoms. The molecule has 0 aromatic heterocycles. The van der Waals surface area contributed by atoms with Crippen LogP contribution in [0.4, 0.5) is 0 Å². The second-order valence-corrected chi connectivity index (χ2v) is 3.57. The zero-order chi connectivity index (χ0) is 11.0. The molecule has 0 spiro atoms. The normalized spacial score (nSPS) is 17.6. The Hall–Kier alpha value is -1.71. The van der Waals surface area contributed by atoms with E-state index in [1.165, 1.54) is 0 Å². The maximum Gasteiger partial charge on any atom is 0.225 e. The average Bonchev–Trinajstić information content (AvgIpc) is 2.19. The Bertz CT molecular complexity index is 415. The number of methoxy groups -OCH3 is 2. The fourth-order valence-electron chi connectivity index (χ4n) is 1.89. The second-order valence-electron chi connectivity index (χ2n) is 3.57. The average molecular weight is 207 g/mol. The molecule has 2 N–H and O–H groups in total. The van der Waals surface area contributed by atoms with Gasteiger partial charge in [0.2, 0.25) is 5.91 Å². The molecule has 1 amide bonds. The molecular formula is C11H13NO3. The van der Waals surface area contributed by atoms with Gasteiger partial charge in [0.05, 0.1) is 20.1 Å². The summed E-state index contributed by atoms with van der Waals surface area (Å²) in [5.41, 5.74) is 7.33. The number of ether oxygens (including phenoxy) is 2. The van der Waals surface area contributed by atoms with Gasteiger partial charge in [-0.3, -0.25) is 4.79 Å². The second kappa shape index (κ2) is 3.46. The number of hydrogen-bond acceptors (Lipinski definition) is 3. The van der Waals surface area contributed by atoms with Crippen molar-refractivity contribution in [3.05, 3.63) is 23.3 Å². The van der Waals surface area contributed by atoms with Crippen molar-refractivity contribution in [1.29, 1.82) is 0 Å². The first-order chi connectivity index (χ1) is 7.17. The van der Waals surface area contributed by atoms with Crippen molar-refractivity contribution in [2.24, 2.45) is 5.73 Å². The lowest BCUT2D eigenvalue weighted by atomic mass is 9.77. The number of hydrogen-bond donors (Lipinski definition) is 1. The first-order valence-electron chi connectivity index (χ1n) is 4.71. The fourth-order valence-corrected chi connectivity index (χ4v) is 1.89. The van der Waals surface area contributed by atoms with Crippen molar-refractivity contribution in [2.75, 3.05) is 14.2 Å². The predicted molar refractivity (Wildman–Crippen MR) is 55.2 cm³/mol. The van der Waals surface area contributed by atoms with Crippen LogP contribution in [-0.4, -0.2) is 20.1 Å². The predicted octanol–water partition coefficient (Wildman–Crippen LogP) is 0.829. The third-order valence-corrected chi connectivity index (χ3v) is 2.79. The number of carbonyl (C=O) groups is 1. The van der Waals surface area contributed by atoms with Crippen LogP contribution in [0.5, 0.6) is 11.5 Å². The molecule has 2 rings (SSSR count). The molecule has 0 aliphatic heterocycles. The van der Waals surface area contributed by atoms with Gasteiger partial charge in [-0.25, -0.2) is 0 Å². The third-order valence-electron chi connectivity index (χ3n) is 2.79. The number of fused-ring (bicyclic) bond motifs is 1. The van der Waals surface area contributed by atoms with Crippen molar-refractivity contribution in [1.82, 2.24) is 0 Å². The number of amides is 1. The molecule has 0 heterocycles. The van der Waals surface area contributed by atoms with Gasteiger partial charge in [0.15, 0.2) is 11.5 Å². The van der Waals surface area contributed by atoms with Crippen molar-refractivity contribution in [2.45, 2.75) is 12.3 Å². The fraction of sp³-hybridized carbons (Fsp3) is 0.364. The van der Waals surface area contributed by atoms with Gasteiger partial charge in [0.1, 0.15) is 0 Å². The first-order valence-corrected chi connectivity index (χ1v) is 4.71. The molecule has 4 heteroatoms. The van der Waals surface area contributed by atoms with E-state index in [2.05, 4.69) is 0 Å². The first kappa shape index (κ1) is 9.83. The highest BCUT2D eigenvalue weighted by molar-refractivity contribution is 5.85. The summed E-state index contributed by atoms with van der Waals surface area (Å²) in [6.45, 7) is 0. The maximum absolute atomic E-state index is 11.0. The van der Waals surface area contributed by atoms with Crippen LogP contribution in [0.1, 0.15) is 17.0 Å². The van der Waals surface area contributed by atoms with Gasteiger partial charge in [-0.15, -0.1) is 0 Å². The van der Waals surface area contributed by atoms with E-state index in [1.54, 1.807) is 14.2 Å². The molecule has 1 aliphatic carbocycles. The van der Waals surface area contributed by atoms with Gasteiger partial charge in [-0.1, -0.05) is 0 Å². The Morgan fingerprint density at radius 2 is 1.93 bits per heavy atom. The highest BCUT2D eigenvalue weighted by Crippen LogP contribution is 2.41. The molecule has 0 radical (unpaired) electrons. The van der Waals surface area contributed by atoms with Crippen LogP contribution in [0.15, 0.2) is 12.1 Å². The van der Waals surface area contributed by atoms with Crippen molar-refractivity contribution in [3.8, 4) is 11.5 Å². The van der Waals surface area contributed by atoms with E-state index in [9.17, 15) is 4.79 Å². The Balaban J connectivity index is 2.41. The zero-order valence-corrected chi connectivity index (χ0v) is 8.74. The number of carbonyl (C=O) groups excluding carboxylic acids is 1. The summed E-state index contributed by atoms with van der Waals surface area (Å²) in [7, 11) is 3.16. The van der Waals surface area contributed by atoms with Gasteiger partial charge in [0, 0.05) is 0 Å². The van der Waals surface area contributed by atoms with Crippen LogP contribution in [0, 0.1) is 0 Å². The summed E-state index contributed by atoms with van der Waals surface area (Å²) in [6.07, 6.45) is 0.699. The highest BCUT2D eigenvalue weighted by atomic mass is 16.5. The SMILES string of the molecule is COc1cc2c(cc1OC)[C@@H](C(N)=O)C2. The van der Waals surface area contributed by atoms with Crippen LogP contribution < -0.4 is 15.2 Å². The Labute approximate surface area is 88.0 Å². The van der Waals surface area contributed by atoms with Crippen LogP contribution in [0.2, 0.25) is 0 Å². The molecule has 4 nitrogen and oxygen atoms in total. The third kappa shape index (κ3) is 1.42. The minimum absolute atomic E-state index is 0.167. The minimum Gasteiger partial charge on any atom is -0.493 e. The smallest absolute Gasteiger partial charge is 0.225 e. The quantitative estimate of drug-likeness (QED) is 0.798. The lowest BCUT2D eigenvalue weighted by Crippen LogP contribution is -2.30. The van der Waals surface area contributed by atoms with Crippen LogP contribution >= 0.6 is 0 Å². The van der Waals surface area contributed by atoms with E-state index in [0.29, 0.717) is 17.9 Å². The molecule has 0 saturated heterocycles. The van der Waals surface area contributed by atoms with Gasteiger partial charge in [0.25, 0.3) is 0 Å². The molecule has 1 atom stereocenters. The van der Waals surface area contributed by atoms with E-state index >= 15 is 0 Å². The summed E-state index contributed by atoms with van der Waals surface area (Å²) in [4.78, 5) is 11.0. The van der Waals surface area contributed by atoms with E-state index < -0.39 is 0 Å². The highest BCUT2D eigenvalue weighted by Gasteiger charge is 2.32. The molecular weight excluding hydrogens is 194 g/mol. The van der Waals surface area contributed by atoms with E-state index in [-0.39, 0.29) is 11.8 Å². The molecule has 1 aromatic carbocycles. The zero-order valence-electron chi connectivity index (χ0n) is 8.74. The molecule has 1 aliphatic rings. The number of benzene rings is 1. The number of primary amides is 1.